The van der Waals surface area contributed by atoms with Crippen molar-refractivity contribution < 1.29 is 59.1 Å². The topological polar surface area (TPSA) is 312 Å². The van der Waals surface area contributed by atoms with Crippen molar-refractivity contribution >= 4 is 58.3 Å². The van der Waals surface area contributed by atoms with Crippen LogP contribution in [0.15, 0.2) is 90.7 Å². The molecule has 2 fully saturated rings. The maximum absolute atomic E-state index is 13.7. The van der Waals surface area contributed by atoms with E-state index in [1.54, 1.807) is 30.5 Å². The average Bonchev–Trinajstić information content (AvgIpc) is 3.82. The third-order valence-corrected chi connectivity index (χ3v) is 11.3. The van der Waals surface area contributed by atoms with E-state index < -0.39 is 134 Å². The van der Waals surface area contributed by atoms with Crippen molar-refractivity contribution in [2.24, 2.45) is 5.92 Å². The number of benzene rings is 2. The molecule has 9 atom stereocenters. The van der Waals surface area contributed by atoms with Crippen LogP contribution < -0.4 is 31.9 Å². The Kier molecular flexibility index (Phi) is 17.5. The van der Waals surface area contributed by atoms with Gasteiger partial charge in [-0.2, -0.15) is 0 Å². The van der Waals surface area contributed by atoms with Crippen LogP contribution in [-0.2, 0) is 40.0 Å². The van der Waals surface area contributed by atoms with Gasteiger partial charge in [0.25, 0.3) is 5.91 Å². The molecule has 7 amide bonds. The molecule has 354 valence electrons. The Morgan fingerprint density at radius 2 is 1.58 bits per heavy atom. The predicted octanol–water partition coefficient (Wildman–Crippen LogP) is -1.85. The van der Waals surface area contributed by atoms with Crippen LogP contribution >= 0.6 is 0 Å². The SMILES string of the molecule is CC(/C=C/c1ccccc1)=C\C=C\[C@H](C)[C@H](O)[C@@H](O)[C@H]1NC(=O)C[C@@H](O)CNC(=O)CNC(=O)[C@H](Cc2c[nH]c3ccccc23)NC(=O)CN(C)C(=O)C[C@]2(O)NC(=O)C[C@H]2NC(=O)[C@H]1O. The quantitative estimate of drug-likeness (QED) is 0.105. The number of aliphatic hydroxyl groups excluding tert-OH is 4. The minimum atomic E-state index is -2.46. The molecule has 2 aromatic carbocycles. The third-order valence-electron chi connectivity index (χ3n) is 11.3. The molecule has 5 rings (SSSR count). The van der Waals surface area contributed by atoms with Crippen LogP contribution in [-0.4, -0.2) is 152 Å². The Balaban J connectivity index is 1.35. The summed E-state index contributed by atoms with van der Waals surface area (Å²) in [5.41, 5.74) is 0.785. The number of para-hydroxylation sites is 1. The molecule has 20 nitrogen and oxygen atoms in total. The lowest BCUT2D eigenvalue weighted by molar-refractivity contribution is -0.145. The van der Waals surface area contributed by atoms with Gasteiger partial charge in [0, 0.05) is 43.0 Å². The van der Waals surface area contributed by atoms with Crippen LogP contribution in [0.1, 0.15) is 44.2 Å². The summed E-state index contributed by atoms with van der Waals surface area (Å²) in [6.07, 6.45) is 0.430. The Bertz CT molecular complexity index is 2330. The van der Waals surface area contributed by atoms with Crippen LogP contribution in [0.5, 0.6) is 0 Å². The Hall–Kier alpha value is -6.71. The lowest BCUT2D eigenvalue weighted by Gasteiger charge is -2.34. The number of carbonyl (C=O) groups excluding carboxylic acids is 7. The van der Waals surface area contributed by atoms with Gasteiger partial charge in [0.1, 0.15) is 12.1 Å². The van der Waals surface area contributed by atoms with E-state index >= 15 is 0 Å². The Morgan fingerprint density at radius 3 is 2.32 bits per heavy atom. The molecule has 0 saturated carbocycles. The average molecular weight is 915 g/mol. The molecule has 20 heteroatoms. The monoisotopic (exact) mass is 914 g/mol. The van der Waals surface area contributed by atoms with Gasteiger partial charge in [-0.25, -0.2) is 0 Å². The molecule has 0 radical (unpaired) electrons. The summed E-state index contributed by atoms with van der Waals surface area (Å²) in [5.74, 6) is -7.23. The van der Waals surface area contributed by atoms with Crippen LogP contribution in [0.25, 0.3) is 17.0 Å². The number of nitrogens with one attached hydrogen (secondary N) is 7. The number of fused-ring (bicyclic) bond motifs is 2. The molecule has 0 bridgehead atoms. The van der Waals surface area contributed by atoms with E-state index in [1.165, 1.54) is 14.0 Å². The molecule has 2 aliphatic heterocycles. The molecule has 66 heavy (non-hydrogen) atoms. The second-order valence-corrected chi connectivity index (χ2v) is 16.6. The van der Waals surface area contributed by atoms with Crippen molar-refractivity contribution in [1.29, 1.82) is 0 Å². The fourth-order valence-corrected chi connectivity index (χ4v) is 7.46. The number of H-pyrrole nitrogens is 1. The molecular formula is C46H58N8O12. The lowest BCUT2D eigenvalue weighted by atomic mass is 9.91. The molecule has 2 saturated heterocycles. The molecule has 3 heterocycles. The van der Waals surface area contributed by atoms with E-state index in [9.17, 15) is 59.1 Å². The number of hydrogen-bond donors (Lipinski definition) is 12. The smallest absolute Gasteiger partial charge is 0.251 e. The number of rotatable bonds is 9. The lowest BCUT2D eigenvalue weighted by Crippen LogP contribution is -2.63. The minimum absolute atomic E-state index is 0.0412. The maximum atomic E-state index is 13.7. The maximum Gasteiger partial charge on any atom is 0.251 e. The standard InChI is InChI=1S/C46H58N8O12/c1-26(16-17-28-12-5-4-6-13-28)10-9-11-27(2)41(61)42(62)40-43(63)45(65)51-34-20-36(57)53-46(34,66)21-39(60)54(3)25-38(59)50-33(18-29-22-47-32-15-8-7-14-31(29)32)44(64)49-24-37(58)48-23-30(55)19-35(56)52-40/h4-17,22,27,30,33-34,40-43,47,55,61-63,66H,18-21,23-25H2,1-3H3,(H,48,58)(H,49,64)(H,50,59)(H,51,65)(H,52,56)(H,53,57)/b11-9+,17-16+,26-10+/t27-,30+,33-,34+,40+,41-,42-,43-,46+/m0/s1. The first-order valence-corrected chi connectivity index (χ1v) is 21.4. The molecule has 1 aromatic heterocycles. The van der Waals surface area contributed by atoms with Gasteiger partial charge >= 0.3 is 0 Å². The fraction of sp³-hybridized carbons (Fsp3) is 0.413. The van der Waals surface area contributed by atoms with Crippen LogP contribution in [0.2, 0.25) is 0 Å². The summed E-state index contributed by atoms with van der Waals surface area (Å²) < 4.78 is 0. The van der Waals surface area contributed by atoms with E-state index in [0.29, 0.717) is 5.56 Å². The molecule has 2 aliphatic rings. The molecule has 3 aromatic rings. The number of aromatic amines is 1. The van der Waals surface area contributed by atoms with Crippen molar-refractivity contribution in [1.82, 2.24) is 41.8 Å². The largest absolute Gasteiger partial charge is 0.391 e. The van der Waals surface area contributed by atoms with Gasteiger partial charge in [-0.3, -0.25) is 33.6 Å². The number of aromatic nitrogens is 1. The van der Waals surface area contributed by atoms with Crippen LogP contribution in [0.3, 0.4) is 0 Å². The van der Waals surface area contributed by atoms with Gasteiger partial charge in [0.15, 0.2) is 11.8 Å². The summed E-state index contributed by atoms with van der Waals surface area (Å²) in [6, 6.07) is 12.0. The van der Waals surface area contributed by atoms with Crippen molar-refractivity contribution in [2.45, 2.75) is 87.8 Å². The molecule has 0 unspecified atom stereocenters. The first kappa shape index (κ1) is 50.3. The van der Waals surface area contributed by atoms with Crippen molar-refractivity contribution in [3.8, 4) is 0 Å². The van der Waals surface area contributed by atoms with E-state index in [-0.39, 0.29) is 6.42 Å². The number of β-amino-alcohol motifs (C(OH)–C–C–N with tert-alkyl or cyclic N) is 1. The summed E-state index contributed by atoms with van der Waals surface area (Å²) in [4.78, 5) is 96.8. The zero-order chi connectivity index (χ0) is 48.1. The first-order chi connectivity index (χ1) is 31.3. The number of allylic oxidation sites excluding steroid dienone is 4. The molecule has 12 N–H and O–H groups in total. The number of carbonyl (C=O) groups is 7. The summed E-state index contributed by atoms with van der Waals surface area (Å²) in [7, 11) is 1.23. The predicted molar refractivity (Wildman–Crippen MR) is 240 cm³/mol. The molecule has 0 spiro atoms. The highest BCUT2D eigenvalue weighted by atomic mass is 16.3. The van der Waals surface area contributed by atoms with E-state index in [0.717, 1.165) is 26.9 Å². The van der Waals surface area contributed by atoms with E-state index in [2.05, 4.69) is 36.9 Å². The van der Waals surface area contributed by atoms with Crippen molar-refractivity contribution in [3.05, 3.63) is 102 Å². The fourth-order valence-electron chi connectivity index (χ4n) is 7.46. The van der Waals surface area contributed by atoms with E-state index in [1.807, 2.05) is 67.6 Å². The third kappa shape index (κ3) is 13.9. The van der Waals surface area contributed by atoms with E-state index in [4.69, 9.17) is 0 Å². The van der Waals surface area contributed by atoms with Gasteiger partial charge < -0.3 is 67.3 Å². The summed E-state index contributed by atoms with van der Waals surface area (Å²) in [5, 5.41) is 71.3. The Labute approximate surface area is 380 Å². The van der Waals surface area contributed by atoms with Gasteiger partial charge in [0.2, 0.25) is 35.4 Å². The minimum Gasteiger partial charge on any atom is -0.391 e. The summed E-state index contributed by atoms with van der Waals surface area (Å²) >= 11 is 0. The first-order valence-electron chi connectivity index (χ1n) is 21.4. The number of nitrogens with zero attached hydrogens (tertiary/aromatic N) is 1. The number of likely N-dealkylation sites (N-methyl/N-ethyl adjacent to an activating group) is 1. The number of amides is 7. The highest BCUT2D eigenvalue weighted by molar-refractivity contribution is 5.94. The summed E-state index contributed by atoms with van der Waals surface area (Å²) in [6.45, 7) is 1.63. The highest BCUT2D eigenvalue weighted by Gasteiger charge is 2.49. The van der Waals surface area contributed by atoms with Crippen molar-refractivity contribution in [2.75, 3.05) is 26.7 Å². The molecule has 0 aliphatic carbocycles. The normalized spacial score (nSPS) is 26.5. The highest BCUT2D eigenvalue weighted by Crippen LogP contribution is 2.24. The van der Waals surface area contributed by atoms with Gasteiger partial charge in [-0.05, 0) is 24.1 Å². The Morgan fingerprint density at radius 1 is 0.864 bits per heavy atom. The van der Waals surface area contributed by atoms with Crippen molar-refractivity contribution in [3.63, 3.8) is 0 Å². The van der Waals surface area contributed by atoms with Gasteiger partial charge in [-0.15, -0.1) is 0 Å². The van der Waals surface area contributed by atoms with Gasteiger partial charge in [-0.1, -0.05) is 91.4 Å². The van der Waals surface area contributed by atoms with Crippen LogP contribution in [0.4, 0.5) is 0 Å². The number of aliphatic hydroxyl groups is 5. The second-order valence-electron chi connectivity index (χ2n) is 16.6. The zero-order valence-electron chi connectivity index (χ0n) is 36.8. The van der Waals surface area contributed by atoms with Crippen LogP contribution in [0, 0.1) is 5.92 Å². The van der Waals surface area contributed by atoms with Gasteiger partial charge in [0.05, 0.1) is 56.6 Å². The molecular weight excluding hydrogens is 857 g/mol. The zero-order valence-corrected chi connectivity index (χ0v) is 36.8. The second kappa shape index (κ2) is 23.0. The number of hydrogen-bond acceptors (Lipinski definition) is 12.